The molecular weight excluding hydrogens is 256 g/mol. The molecule has 0 saturated heterocycles. The topological polar surface area (TPSA) is 77.5 Å². The molecule has 0 spiro atoms. The lowest BCUT2D eigenvalue weighted by molar-refractivity contribution is -0.145. The molecule has 0 saturated carbocycles. The zero-order chi connectivity index (χ0) is 13.6. The first-order chi connectivity index (χ1) is 8.42. The molecule has 1 rings (SSSR count). The van der Waals surface area contributed by atoms with Gasteiger partial charge in [-0.25, -0.2) is 8.42 Å². The minimum absolute atomic E-state index is 0.188. The predicted octanol–water partition coefficient (Wildman–Crippen LogP) is 0.983. The largest absolute Gasteiger partial charge is 0.464 e. The van der Waals surface area contributed by atoms with Crippen LogP contribution in [0.3, 0.4) is 0 Å². The predicted molar refractivity (Wildman–Crippen MR) is 64.8 cm³/mol. The van der Waals surface area contributed by atoms with Crippen molar-refractivity contribution in [2.75, 3.05) is 12.4 Å². The summed E-state index contributed by atoms with van der Waals surface area (Å²) in [5.41, 5.74) is 0. The van der Waals surface area contributed by atoms with Crippen LogP contribution in [0, 0.1) is 0 Å². The van der Waals surface area contributed by atoms with Gasteiger partial charge in [-0.1, -0.05) is 18.2 Å². The van der Waals surface area contributed by atoms with Crippen molar-refractivity contribution >= 4 is 21.6 Å². The van der Waals surface area contributed by atoms with E-state index in [1.54, 1.807) is 18.2 Å². The highest BCUT2D eigenvalue weighted by atomic mass is 32.2. The highest BCUT2D eigenvalue weighted by molar-refractivity contribution is 7.91. The summed E-state index contributed by atoms with van der Waals surface area (Å²) in [6.45, 7) is 1.02. The van der Waals surface area contributed by atoms with Crippen LogP contribution in [0.4, 0.5) is 0 Å². The van der Waals surface area contributed by atoms with E-state index < -0.39 is 15.8 Å². The Morgan fingerprint density at radius 2 is 1.78 bits per heavy atom. The summed E-state index contributed by atoms with van der Waals surface area (Å²) in [7, 11) is -3.45. The number of sulfone groups is 1. The van der Waals surface area contributed by atoms with Crippen LogP contribution < -0.4 is 0 Å². The van der Waals surface area contributed by atoms with Gasteiger partial charge in [-0.2, -0.15) is 0 Å². The normalized spacial score (nSPS) is 10.9. The average Bonchev–Trinajstić information content (AvgIpc) is 2.29. The zero-order valence-corrected chi connectivity index (χ0v) is 10.8. The molecule has 0 heterocycles. The molecule has 0 aliphatic rings. The van der Waals surface area contributed by atoms with Crippen molar-refractivity contribution in [2.45, 2.75) is 18.2 Å². The molecule has 0 atom stereocenters. The SMILES string of the molecule is CC(=O)CC(=O)OCCS(=O)(=O)c1ccccc1. The Morgan fingerprint density at radius 1 is 1.17 bits per heavy atom. The number of Topliss-reactive ketones (excluding diaryl/α,β-unsaturated/α-hetero) is 1. The molecule has 0 radical (unpaired) electrons. The quantitative estimate of drug-likeness (QED) is 0.569. The smallest absolute Gasteiger partial charge is 0.313 e. The Hall–Kier alpha value is -1.69. The molecule has 1 aromatic rings. The molecule has 0 bridgehead atoms. The minimum atomic E-state index is -3.45. The molecule has 0 amide bonds. The summed E-state index contributed by atoms with van der Waals surface area (Å²) in [5.74, 6) is -1.31. The fourth-order valence-electron chi connectivity index (χ4n) is 1.27. The number of carbonyl (C=O) groups excluding carboxylic acids is 2. The number of esters is 1. The second-order valence-corrected chi connectivity index (χ2v) is 5.84. The van der Waals surface area contributed by atoms with Gasteiger partial charge in [0.2, 0.25) is 0 Å². The Bertz CT molecular complexity index is 519. The molecule has 0 aromatic heterocycles. The van der Waals surface area contributed by atoms with E-state index in [4.69, 9.17) is 0 Å². The maximum Gasteiger partial charge on any atom is 0.313 e. The van der Waals surface area contributed by atoms with Gasteiger partial charge in [0.1, 0.15) is 18.8 Å². The Kier molecular flexibility index (Phi) is 5.03. The summed E-state index contributed by atoms with van der Waals surface area (Å²) < 4.78 is 28.2. The lowest BCUT2D eigenvalue weighted by Crippen LogP contribution is -2.16. The van der Waals surface area contributed by atoms with Gasteiger partial charge in [0, 0.05) is 0 Å². The van der Waals surface area contributed by atoms with E-state index in [1.165, 1.54) is 19.1 Å². The van der Waals surface area contributed by atoms with Crippen molar-refractivity contribution in [3.63, 3.8) is 0 Å². The number of rotatable bonds is 6. The summed E-state index contributed by atoms with van der Waals surface area (Å²) in [4.78, 5) is 21.8. The van der Waals surface area contributed by atoms with Gasteiger partial charge < -0.3 is 4.74 Å². The molecule has 18 heavy (non-hydrogen) atoms. The van der Waals surface area contributed by atoms with Crippen LogP contribution in [0.1, 0.15) is 13.3 Å². The van der Waals surface area contributed by atoms with E-state index in [0.29, 0.717) is 0 Å². The van der Waals surface area contributed by atoms with Gasteiger partial charge in [-0.15, -0.1) is 0 Å². The fourth-order valence-corrected chi connectivity index (χ4v) is 2.38. The molecule has 5 nitrogen and oxygen atoms in total. The molecule has 6 heteroatoms. The van der Waals surface area contributed by atoms with E-state index in [9.17, 15) is 18.0 Å². The van der Waals surface area contributed by atoms with Crippen LogP contribution in [-0.4, -0.2) is 32.5 Å². The number of carbonyl (C=O) groups is 2. The van der Waals surface area contributed by atoms with Crippen LogP contribution in [0.15, 0.2) is 35.2 Å². The van der Waals surface area contributed by atoms with Crippen LogP contribution >= 0.6 is 0 Å². The molecule has 0 aliphatic carbocycles. The lowest BCUT2D eigenvalue weighted by atomic mass is 10.3. The summed E-state index contributed by atoms with van der Waals surface area (Å²) in [6, 6.07) is 7.91. The third-order valence-electron chi connectivity index (χ3n) is 2.11. The average molecular weight is 270 g/mol. The molecule has 1 aromatic carbocycles. The van der Waals surface area contributed by atoms with Gasteiger partial charge in [-0.3, -0.25) is 9.59 Å². The van der Waals surface area contributed by atoms with Crippen molar-refractivity contribution < 1.29 is 22.7 Å². The Balaban J connectivity index is 2.49. The van der Waals surface area contributed by atoms with Crippen LogP contribution in [0.2, 0.25) is 0 Å². The number of ether oxygens (including phenoxy) is 1. The van der Waals surface area contributed by atoms with E-state index >= 15 is 0 Å². The maximum absolute atomic E-state index is 11.8. The molecule has 0 unspecified atom stereocenters. The summed E-state index contributed by atoms with van der Waals surface area (Å²) in [5, 5.41) is 0. The molecule has 0 N–H and O–H groups in total. The highest BCUT2D eigenvalue weighted by Gasteiger charge is 2.15. The molecule has 0 aliphatic heterocycles. The number of ketones is 1. The standard InChI is InChI=1S/C12H14O5S/c1-10(13)9-12(14)17-7-8-18(15,16)11-5-3-2-4-6-11/h2-6H,7-9H2,1H3. The number of hydrogen-bond donors (Lipinski definition) is 0. The first kappa shape index (κ1) is 14.4. The van der Waals surface area contributed by atoms with Gasteiger partial charge in [0.05, 0.1) is 10.6 Å². The Labute approximate surface area is 106 Å². The molecular formula is C12H14O5S. The van der Waals surface area contributed by atoms with Gasteiger partial charge in [0.15, 0.2) is 9.84 Å². The first-order valence-electron chi connectivity index (χ1n) is 5.34. The third kappa shape index (κ3) is 4.67. The molecule has 0 fully saturated rings. The number of benzene rings is 1. The molecule has 98 valence electrons. The van der Waals surface area contributed by atoms with Crippen molar-refractivity contribution in [1.29, 1.82) is 0 Å². The summed E-state index contributed by atoms with van der Waals surface area (Å²) in [6.07, 6.45) is -0.328. The monoisotopic (exact) mass is 270 g/mol. The third-order valence-corrected chi connectivity index (χ3v) is 3.81. The van der Waals surface area contributed by atoms with E-state index in [-0.39, 0.29) is 29.5 Å². The van der Waals surface area contributed by atoms with Gasteiger partial charge in [0.25, 0.3) is 0 Å². The maximum atomic E-state index is 11.8. The van der Waals surface area contributed by atoms with E-state index in [2.05, 4.69) is 4.74 Å². The van der Waals surface area contributed by atoms with Crippen molar-refractivity contribution in [3.05, 3.63) is 30.3 Å². The highest BCUT2D eigenvalue weighted by Crippen LogP contribution is 2.09. The van der Waals surface area contributed by atoms with E-state index in [1.807, 2.05) is 0 Å². The van der Waals surface area contributed by atoms with Crippen molar-refractivity contribution in [3.8, 4) is 0 Å². The van der Waals surface area contributed by atoms with Crippen LogP contribution in [-0.2, 0) is 24.2 Å². The lowest BCUT2D eigenvalue weighted by Gasteiger charge is -2.05. The van der Waals surface area contributed by atoms with Crippen molar-refractivity contribution in [1.82, 2.24) is 0 Å². The van der Waals surface area contributed by atoms with Gasteiger partial charge >= 0.3 is 5.97 Å². The Morgan fingerprint density at radius 3 is 2.33 bits per heavy atom. The van der Waals surface area contributed by atoms with Crippen LogP contribution in [0.5, 0.6) is 0 Å². The van der Waals surface area contributed by atoms with Crippen LogP contribution in [0.25, 0.3) is 0 Å². The second kappa shape index (κ2) is 6.30. The first-order valence-corrected chi connectivity index (χ1v) is 7.00. The van der Waals surface area contributed by atoms with E-state index in [0.717, 1.165) is 0 Å². The fraction of sp³-hybridized carbons (Fsp3) is 0.333. The minimum Gasteiger partial charge on any atom is -0.464 e. The van der Waals surface area contributed by atoms with Gasteiger partial charge in [-0.05, 0) is 19.1 Å². The zero-order valence-electron chi connectivity index (χ0n) is 9.96. The number of hydrogen-bond acceptors (Lipinski definition) is 5. The van der Waals surface area contributed by atoms with Crippen molar-refractivity contribution in [2.24, 2.45) is 0 Å². The summed E-state index contributed by atoms with van der Waals surface area (Å²) >= 11 is 0. The second-order valence-electron chi connectivity index (χ2n) is 3.73.